The highest BCUT2D eigenvalue weighted by Crippen LogP contribution is 2.00. The molecule has 0 aromatic carbocycles. The molecule has 0 aliphatic heterocycles. The van der Waals surface area contributed by atoms with Gasteiger partial charge in [0.25, 0.3) is 0 Å². The molecule has 0 aliphatic rings. The number of carbonyl (C=O) groups is 2. The molecule has 138 valence electrons. The van der Waals surface area contributed by atoms with E-state index in [0.29, 0.717) is 25.9 Å². The second-order valence-corrected chi connectivity index (χ2v) is 6.04. The molecular formula is C20H36N2O2. The molecular weight excluding hydrogens is 300 g/mol. The first-order chi connectivity index (χ1) is 11.7. The first-order valence-corrected chi connectivity index (χ1v) is 9.54. The van der Waals surface area contributed by atoms with Crippen LogP contribution in [-0.2, 0) is 9.59 Å². The number of carbonyl (C=O) groups excluding carboxylic acids is 2. The largest absolute Gasteiger partial charge is 0.353 e. The molecule has 0 atom stereocenters. The summed E-state index contributed by atoms with van der Waals surface area (Å²) in [5, 5.41) is 5.74. The monoisotopic (exact) mass is 336 g/mol. The molecule has 0 bridgehead atoms. The van der Waals surface area contributed by atoms with Crippen molar-refractivity contribution in [2.24, 2.45) is 0 Å². The van der Waals surface area contributed by atoms with Gasteiger partial charge in [-0.05, 0) is 25.7 Å². The smallest absolute Gasteiger partial charge is 0.220 e. The van der Waals surface area contributed by atoms with E-state index in [0.717, 1.165) is 25.7 Å². The summed E-state index contributed by atoms with van der Waals surface area (Å²) in [6, 6.07) is 0. The van der Waals surface area contributed by atoms with Crippen LogP contribution in [0.15, 0.2) is 24.3 Å². The van der Waals surface area contributed by atoms with Gasteiger partial charge in [0.1, 0.15) is 0 Å². The van der Waals surface area contributed by atoms with Crippen LogP contribution in [0, 0.1) is 0 Å². The van der Waals surface area contributed by atoms with Crippen molar-refractivity contribution in [1.82, 2.24) is 10.6 Å². The highest BCUT2D eigenvalue weighted by molar-refractivity contribution is 5.77. The first kappa shape index (κ1) is 22.4. The molecule has 0 spiro atoms. The Morgan fingerprint density at radius 1 is 0.667 bits per heavy atom. The number of amides is 2. The molecule has 0 aliphatic carbocycles. The van der Waals surface area contributed by atoms with Crippen LogP contribution in [-0.4, -0.2) is 24.9 Å². The van der Waals surface area contributed by atoms with Crippen LogP contribution in [0.5, 0.6) is 0 Å². The van der Waals surface area contributed by atoms with Crippen molar-refractivity contribution in [2.45, 2.75) is 78.1 Å². The topological polar surface area (TPSA) is 58.2 Å². The molecule has 0 aromatic heterocycles. The average molecular weight is 337 g/mol. The first-order valence-electron chi connectivity index (χ1n) is 9.54. The molecule has 0 radical (unpaired) electrons. The van der Waals surface area contributed by atoms with Gasteiger partial charge >= 0.3 is 0 Å². The average Bonchev–Trinajstić information content (AvgIpc) is 2.58. The molecule has 0 rings (SSSR count). The van der Waals surface area contributed by atoms with Gasteiger partial charge in [-0.2, -0.15) is 0 Å². The van der Waals surface area contributed by atoms with Crippen molar-refractivity contribution < 1.29 is 9.59 Å². The molecule has 2 amide bonds. The highest BCUT2D eigenvalue weighted by atomic mass is 16.2. The summed E-state index contributed by atoms with van der Waals surface area (Å²) in [6.45, 7) is 5.54. The minimum Gasteiger partial charge on any atom is -0.353 e. The highest BCUT2D eigenvalue weighted by Gasteiger charge is 2.02. The minimum absolute atomic E-state index is 0.0643. The zero-order valence-corrected chi connectivity index (χ0v) is 15.6. The second-order valence-electron chi connectivity index (χ2n) is 6.04. The van der Waals surface area contributed by atoms with Crippen LogP contribution in [0.1, 0.15) is 78.1 Å². The molecule has 0 unspecified atom stereocenters. The van der Waals surface area contributed by atoms with E-state index in [1.165, 1.54) is 25.7 Å². The van der Waals surface area contributed by atoms with Crippen molar-refractivity contribution in [1.29, 1.82) is 0 Å². The van der Waals surface area contributed by atoms with Gasteiger partial charge in [0.15, 0.2) is 0 Å². The van der Waals surface area contributed by atoms with Crippen LogP contribution >= 0.6 is 0 Å². The van der Waals surface area contributed by atoms with Crippen molar-refractivity contribution in [2.75, 3.05) is 13.1 Å². The van der Waals surface area contributed by atoms with Crippen molar-refractivity contribution in [3.8, 4) is 0 Å². The van der Waals surface area contributed by atoms with Gasteiger partial charge in [0.2, 0.25) is 11.8 Å². The SMILES string of the molecule is CCCC/C=C/CNC(=O)CCCCC(=O)NC/C=C/CCCC. The van der Waals surface area contributed by atoms with E-state index in [1.54, 1.807) is 0 Å². The lowest BCUT2D eigenvalue weighted by molar-refractivity contribution is -0.122. The van der Waals surface area contributed by atoms with Gasteiger partial charge in [0, 0.05) is 25.9 Å². The molecule has 0 aromatic rings. The van der Waals surface area contributed by atoms with Gasteiger partial charge in [-0.15, -0.1) is 0 Å². The molecule has 0 saturated carbocycles. The normalized spacial score (nSPS) is 11.2. The van der Waals surface area contributed by atoms with Gasteiger partial charge in [-0.25, -0.2) is 0 Å². The van der Waals surface area contributed by atoms with E-state index >= 15 is 0 Å². The standard InChI is InChI=1S/C20H36N2O2/c1-3-5-7-9-13-17-21-19(23)15-11-12-16-20(24)22-18-14-10-8-6-4-2/h9-10,13-14H,3-8,11-12,15-18H2,1-2H3,(H,21,23)(H,22,24)/b13-9+,14-10+. The molecule has 2 N–H and O–H groups in total. The van der Waals surface area contributed by atoms with Crippen molar-refractivity contribution in [3.05, 3.63) is 24.3 Å². The summed E-state index contributed by atoms with van der Waals surface area (Å²) in [7, 11) is 0. The zero-order valence-electron chi connectivity index (χ0n) is 15.6. The lowest BCUT2D eigenvalue weighted by atomic mass is 10.2. The van der Waals surface area contributed by atoms with Crippen LogP contribution in [0.2, 0.25) is 0 Å². The maximum atomic E-state index is 11.6. The molecule has 0 heterocycles. The van der Waals surface area contributed by atoms with Crippen LogP contribution in [0.25, 0.3) is 0 Å². The minimum atomic E-state index is 0.0643. The summed E-state index contributed by atoms with van der Waals surface area (Å²) in [6.07, 6.45) is 17.7. The maximum Gasteiger partial charge on any atom is 0.220 e. The van der Waals surface area contributed by atoms with E-state index in [4.69, 9.17) is 0 Å². The molecule has 4 heteroatoms. The molecule has 4 nitrogen and oxygen atoms in total. The number of hydrogen-bond acceptors (Lipinski definition) is 2. The fourth-order valence-corrected chi connectivity index (χ4v) is 2.14. The molecule has 0 saturated heterocycles. The number of nitrogens with one attached hydrogen (secondary N) is 2. The Morgan fingerprint density at radius 2 is 1.08 bits per heavy atom. The lowest BCUT2D eigenvalue weighted by Crippen LogP contribution is -2.24. The summed E-state index contributed by atoms with van der Waals surface area (Å²) in [4.78, 5) is 23.2. The van der Waals surface area contributed by atoms with Gasteiger partial charge in [0.05, 0.1) is 0 Å². The Labute approximate surface area is 148 Å². The van der Waals surface area contributed by atoms with E-state index in [2.05, 4.69) is 36.6 Å². The summed E-state index contributed by atoms with van der Waals surface area (Å²) < 4.78 is 0. The predicted octanol–water partition coefficient (Wildman–Crippen LogP) is 4.27. The third-order valence-corrected chi connectivity index (χ3v) is 3.67. The van der Waals surface area contributed by atoms with Crippen molar-refractivity contribution in [3.63, 3.8) is 0 Å². The Hall–Kier alpha value is -1.58. The van der Waals surface area contributed by atoms with Gasteiger partial charge < -0.3 is 10.6 Å². The van der Waals surface area contributed by atoms with E-state index in [9.17, 15) is 9.59 Å². The van der Waals surface area contributed by atoms with Crippen LogP contribution in [0.3, 0.4) is 0 Å². The third-order valence-electron chi connectivity index (χ3n) is 3.67. The van der Waals surface area contributed by atoms with Gasteiger partial charge in [-0.1, -0.05) is 63.8 Å². The van der Waals surface area contributed by atoms with E-state index < -0.39 is 0 Å². The number of unbranched alkanes of at least 4 members (excludes halogenated alkanes) is 5. The Morgan fingerprint density at radius 3 is 1.46 bits per heavy atom. The number of hydrogen-bond donors (Lipinski definition) is 2. The molecule has 24 heavy (non-hydrogen) atoms. The van der Waals surface area contributed by atoms with Crippen molar-refractivity contribution >= 4 is 11.8 Å². The third kappa shape index (κ3) is 16.8. The fraction of sp³-hybridized carbons (Fsp3) is 0.700. The quantitative estimate of drug-likeness (QED) is 0.346. The Balaban J connectivity index is 3.46. The number of allylic oxidation sites excluding steroid dienone is 2. The van der Waals surface area contributed by atoms with E-state index in [1.807, 2.05) is 12.2 Å². The molecule has 0 fully saturated rings. The van der Waals surface area contributed by atoms with Crippen LogP contribution in [0.4, 0.5) is 0 Å². The predicted molar refractivity (Wildman–Crippen MR) is 102 cm³/mol. The summed E-state index contributed by atoms with van der Waals surface area (Å²) >= 11 is 0. The zero-order chi connectivity index (χ0) is 17.9. The summed E-state index contributed by atoms with van der Waals surface area (Å²) in [5.41, 5.74) is 0. The Kier molecular flexibility index (Phi) is 16.6. The van der Waals surface area contributed by atoms with Crippen LogP contribution < -0.4 is 10.6 Å². The van der Waals surface area contributed by atoms with Gasteiger partial charge in [-0.3, -0.25) is 9.59 Å². The Bertz CT molecular complexity index is 340. The lowest BCUT2D eigenvalue weighted by Gasteiger charge is -2.03. The number of rotatable bonds is 15. The fourth-order valence-electron chi connectivity index (χ4n) is 2.14. The maximum absolute atomic E-state index is 11.6. The van der Waals surface area contributed by atoms with E-state index in [-0.39, 0.29) is 11.8 Å². The second kappa shape index (κ2) is 17.8. The summed E-state index contributed by atoms with van der Waals surface area (Å²) in [5.74, 6) is 0.129.